The molecule has 0 amide bonds. The fourth-order valence-corrected chi connectivity index (χ4v) is 6.36. The molecule has 8 rings (SSSR count). The average Bonchev–Trinajstić information content (AvgIpc) is 3.18. The van der Waals surface area contributed by atoms with E-state index in [0.29, 0.717) is 17.5 Å². The molecule has 0 bridgehead atoms. The minimum Gasteiger partial charge on any atom is -0.280 e. The SMILES string of the molecule is CC1=C(N(N)c2ccc(-c3ccc4ccc(-c5ccc(-c6nc(-c7ccccc7)nc(-c7ccccc7)n6)cc5)cc4c3)cc2)C=CCC1. The van der Waals surface area contributed by atoms with Crippen LogP contribution >= 0.6 is 0 Å². The summed E-state index contributed by atoms with van der Waals surface area (Å²) in [6, 6.07) is 50.4. The summed E-state index contributed by atoms with van der Waals surface area (Å²) in [5, 5.41) is 4.18. The molecule has 0 fully saturated rings. The van der Waals surface area contributed by atoms with Gasteiger partial charge in [-0.05, 0) is 88.7 Å². The van der Waals surface area contributed by atoms with Crippen molar-refractivity contribution in [2.75, 3.05) is 5.01 Å². The highest BCUT2D eigenvalue weighted by atomic mass is 15.4. The zero-order chi connectivity index (χ0) is 33.2. The number of aromatic nitrogens is 3. The van der Waals surface area contributed by atoms with Crippen LogP contribution in [0.15, 0.2) is 169 Å². The van der Waals surface area contributed by atoms with Crippen molar-refractivity contribution in [3.63, 3.8) is 0 Å². The van der Waals surface area contributed by atoms with Crippen LogP contribution in [-0.2, 0) is 0 Å². The molecule has 0 aliphatic heterocycles. The molecule has 236 valence electrons. The number of anilines is 1. The van der Waals surface area contributed by atoms with E-state index in [0.717, 1.165) is 57.6 Å². The second-order valence-electron chi connectivity index (χ2n) is 12.4. The molecule has 7 aromatic rings. The highest BCUT2D eigenvalue weighted by Crippen LogP contribution is 2.32. The summed E-state index contributed by atoms with van der Waals surface area (Å²) >= 11 is 0. The number of benzene rings is 6. The van der Waals surface area contributed by atoms with E-state index in [1.165, 1.54) is 21.9 Å². The molecule has 0 spiro atoms. The minimum atomic E-state index is 0.647. The lowest BCUT2D eigenvalue weighted by atomic mass is 9.97. The molecule has 6 aromatic carbocycles. The molecule has 0 saturated carbocycles. The Morgan fingerprint density at radius 2 is 0.939 bits per heavy atom. The Balaban J connectivity index is 1.08. The minimum absolute atomic E-state index is 0.647. The maximum absolute atomic E-state index is 6.51. The van der Waals surface area contributed by atoms with Crippen LogP contribution in [0.3, 0.4) is 0 Å². The first-order chi connectivity index (χ1) is 24.1. The van der Waals surface area contributed by atoms with E-state index < -0.39 is 0 Å². The van der Waals surface area contributed by atoms with Crippen molar-refractivity contribution in [2.24, 2.45) is 5.84 Å². The van der Waals surface area contributed by atoms with E-state index >= 15 is 0 Å². The predicted octanol–water partition coefficient (Wildman–Crippen LogP) is 10.7. The Kier molecular flexibility index (Phi) is 8.10. The molecule has 1 aromatic heterocycles. The van der Waals surface area contributed by atoms with Gasteiger partial charge in [0.05, 0.1) is 11.4 Å². The van der Waals surface area contributed by atoms with Gasteiger partial charge in [0.2, 0.25) is 0 Å². The molecule has 1 aliphatic rings. The molecule has 0 radical (unpaired) electrons. The molecule has 0 unspecified atom stereocenters. The van der Waals surface area contributed by atoms with Crippen LogP contribution in [-0.4, -0.2) is 15.0 Å². The summed E-state index contributed by atoms with van der Waals surface area (Å²) in [4.78, 5) is 14.6. The van der Waals surface area contributed by atoms with Crippen LogP contribution in [0.4, 0.5) is 5.69 Å². The van der Waals surface area contributed by atoms with Crippen molar-refractivity contribution >= 4 is 16.5 Å². The third-order valence-corrected chi connectivity index (χ3v) is 9.15. The molecule has 1 aliphatic carbocycles. The van der Waals surface area contributed by atoms with Crippen molar-refractivity contribution in [2.45, 2.75) is 19.8 Å². The summed E-state index contributed by atoms with van der Waals surface area (Å²) in [6.07, 6.45) is 6.43. The topological polar surface area (TPSA) is 67.9 Å². The largest absolute Gasteiger partial charge is 0.280 e. The summed E-state index contributed by atoms with van der Waals surface area (Å²) in [5.74, 6) is 8.47. The third kappa shape index (κ3) is 6.28. The van der Waals surface area contributed by atoms with Crippen molar-refractivity contribution < 1.29 is 0 Å². The summed E-state index contributed by atoms with van der Waals surface area (Å²) in [5.41, 5.74) is 10.8. The maximum Gasteiger partial charge on any atom is 0.164 e. The predicted molar refractivity (Wildman–Crippen MR) is 202 cm³/mol. The fourth-order valence-electron chi connectivity index (χ4n) is 6.36. The van der Waals surface area contributed by atoms with Gasteiger partial charge in [-0.15, -0.1) is 0 Å². The number of nitrogens with zero attached hydrogens (tertiary/aromatic N) is 4. The molecule has 5 heteroatoms. The normalized spacial score (nSPS) is 12.8. The molecule has 5 nitrogen and oxygen atoms in total. The summed E-state index contributed by atoms with van der Waals surface area (Å²) in [6.45, 7) is 2.16. The van der Waals surface area contributed by atoms with Crippen molar-refractivity contribution in [3.05, 3.63) is 169 Å². The number of nitrogens with two attached hydrogens (primary N) is 1. The molecule has 0 saturated heterocycles. The Bertz CT molecular complexity index is 2270. The molecule has 0 atom stereocenters. The van der Waals surface area contributed by atoms with Gasteiger partial charge in [0, 0.05) is 16.7 Å². The second kappa shape index (κ2) is 13.1. The lowest BCUT2D eigenvalue weighted by molar-refractivity contribution is 0.892. The van der Waals surface area contributed by atoms with Crippen molar-refractivity contribution in [1.82, 2.24) is 15.0 Å². The Labute approximate surface area is 286 Å². The molecule has 1 heterocycles. The van der Waals surface area contributed by atoms with Gasteiger partial charge in [-0.25, -0.2) is 20.8 Å². The molecule has 49 heavy (non-hydrogen) atoms. The van der Waals surface area contributed by atoms with E-state index in [9.17, 15) is 0 Å². The highest BCUT2D eigenvalue weighted by molar-refractivity contribution is 5.91. The fraction of sp³-hybridized carbons (Fsp3) is 0.0682. The smallest absolute Gasteiger partial charge is 0.164 e. The quantitative estimate of drug-likeness (QED) is 0.140. The first-order valence-corrected chi connectivity index (χ1v) is 16.6. The van der Waals surface area contributed by atoms with E-state index in [2.05, 4.69) is 104 Å². The number of hydrogen-bond donors (Lipinski definition) is 1. The van der Waals surface area contributed by atoms with Gasteiger partial charge in [0.25, 0.3) is 0 Å². The molecular weight excluding hydrogens is 599 g/mol. The maximum atomic E-state index is 6.51. The Hall–Kier alpha value is -6.17. The molecular formula is C44H35N5. The van der Waals surface area contributed by atoms with Gasteiger partial charge in [-0.2, -0.15) is 0 Å². The standard InChI is InChI=1S/C44H35N5/c1-30-10-8-9-15-41(30)49(45)40-26-24-32(25-27-40)38-23-19-33-18-22-37(28-39(33)29-38)31-16-20-36(21-17-31)44-47-42(34-11-4-2-5-12-34)46-43(48-44)35-13-6-3-7-14-35/h2-7,9,11-29H,8,10,45H2,1H3. The van der Waals surface area contributed by atoms with Crippen LogP contribution in [0.25, 0.3) is 67.2 Å². The number of rotatable bonds is 7. The number of fused-ring (bicyclic) bond motifs is 1. The average molecular weight is 634 g/mol. The highest BCUT2D eigenvalue weighted by Gasteiger charge is 2.14. The van der Waals surface area contributed by atoms with E-state index in [1.54, 1.807) is 5.01 Å². The molecule has 2 N–H and O–H groups in total. The Morgan fingerprint density at radius 3 is 1.45 bits per heavy atom. The zero-order valence-corrected chi connectivity index (χ0v) is 27.3. The van der Waals surface area contributed by atoms with Crippen LogP contribution in [0.5, 0.6) is 0 Å². The van der Waals surface area contributed by atoms with Crippen molar-refractivity contribution in [3.8, 4) is 56.4 Å². The van der Waals surface area contributed by atoms with E-state index in [-0.39, 0.29) is 0 Å². The first-order valence-electron chi connectivity index (χ1n) is 16.6. The lowest BCUT2D eigenvalue weighted by Gasteiger charge is -2.24. The van der Waals surface area contributed by atoms with Gasteiger partial charge >= 0.3 is 0 Å². The number of hydrazine groups is 1. The van der Waals surface area contributed by atoms with Gasteiger partial charge < -0.3 is 0 Å². The first kappa shape index (κ1) is 30.2. The van der Waals surface area contributed by atoms with E-state index in [4.69, 9.17) is 20.8 Å². The number of allylic oxidation sites excluding steroid dienone is 3. The van der Waals surface area contributed by atoms with Gasteiger partial charge in [0.15, 0.2) is 17.5 Å². The van der Waals surface area contributed by atoms with Crippen LogP contribution in [0.1, 0.15) is 19.8 Å². The monoisotopic (exact) mass is 633 g/mol. The third-order valence-electron chi connectivity index (χ3n) is 9.15. The van der Waals surface area contributed by atoms with Crippen LogP contribution in [0.2, 0.25) is 0 Å². The van der Waals surface area contributed by atoms with Gasteiger partial charge in [-0.1, -0.05) is 127 Å². The van der Waals surface area contributed by atoms with Gasteiger partial charge in [-0.3, -0.25) is 5.01 Å². The van der Waals surface area contributed by atoms with Crippen LogP contribution in [0, 0.1) is 0 Å². The number of hydrogen-bond acceptors (Lipinski definition) is 5. The van der Waals surface area contributed by atoms with Crippen LogP contribution < -0.4 is 10.9 Å². The second-order valence-corrected chi connectivity index (χ2v) is 12.4. The lowest BCUT2D eigenvalue weighted by Crippen LogP contribution is -2.30. The summed E-state index contributed by atoms with van der Waals surface area (Å²) in [7, 11) is 0. The van der Waals surface area contributed by atoms with E-state index in [1.807, 2.05) is 60.7 Å². The zero-order valence-electron chi connectivity index (χ0n) is 27.3. The Morgan fingerprint density at radius 1 is 0.490 bits per heavy atom. The summed E-state index contributed by atoms with van der Waals surface area (Å²) < 4.78 is 0. The van der Waals surface area contributed by atoms with Gasteiger partial charge in [0.1, 0.15) is 0 Å². The van der Waals surface area contributed by atoms with Crippen molar-refractivity contribution in [1.29, 1.82) is 0 Å².